The molecule has 2 N–H and O–H groups in total. The number of carboxylic acids is 1. The minimum atomic E-state index is -0.712. The summed E-state index contributed by atoms with van der Waals surface area (Å²) in [5.74, 6) is 2.10. The number of ketones is 1. The van der Waals surface area contributed by atoms with Crippen molar-refractivity contribution in [1.29, 1.82) is 0 Å². The van der Waals surface area contributed by atoms with Gasteiger partial charge in [0.2, 0.25) is 0 Å². The summed E-state index contributed by atoms with van der Waals surface area (Å²) in [5.41, 5.74) is 1.07. The maximum Gasteiger partial charge on any atom is 0.303 e. The Bertz CT molecular complexity index is 814. The number of carbonyl (C=O) groups excluding carboxylic acids is 1. The number of aliphatic carboxylic acids is 1. The maximum absolute atomic E-state index is 11.7. The van der Waals surface area contributed by atoms with E-state index in [0.717, 1.165) is 55.8 Å². The minimum Gasteiger partial charge on any atom is -0.507 e. The van der Waals surface area contributed by atoms with Gasteiger partial charge in [0.05, 0.1) is 18.8 Å². The summed E-state index contributed by atoms with van der Waals surface area (Å²) in [7, 11) is 0. The normalized spacial score (nSPS) is 24.8. The van der Waals surface area contributed by atoms with Crippen LogP contribution in [0.4, 0.5) is 0 Å². The first-order chi connectivity index (χ1) is 15.3. The van der Waals surface area contributed by atoms with Crippen LogP contribution in [-0.2, 0) is 16.0 Å². The predicted octanol–water partition coefficient (Wildman–Crippen LogP) is 5.15. The van der Waals surface area contributed by atoms with Crippen molar-refractivity contribution in [2.75, 3.05) is 24.7 Å². The van der Waals surface area contributed by atoms with Crippen LogP contribution < -0.4 is 4.74 Å². The number of thioether (sulfide) groups is 2. The Labute approximate surface area is 198 Å². The van der Waals surface area contributed by atoms with Gasteiger partial charge in [0, 0.05) is 23.0 Å². The van der Waals surface area contributed by atoms with Gasteiger partial charge in [0.25, 0.3) is 0 Å². The monoisotopic (exact) mass is 482 g/mol. The molecule has 0 bridgehead atoms. The summed E-state index contributed by atoms with van der Waals surface area (Å²) in [6.45, 7) is 4.81. The molecule has 1 aromatic carbocycles. The zero-order valence-corrected chi connectivity index (χ0v) is 20.6. The number of carbonyl (C=O) groups is 2. The van der Waals surface area contributed by atoms with E-state index in [9.17, 15) is 14.7 Å². The molecule has 1 aliphatic carbocycles. The van der Waals surface area contributed by atoms with Crippen molar-refractivity contribution in [3.05, 3.63) is 23.3 Å². The van der Waals surface area contributed by atoms with Gasteiger partial charge in [-0.3, -0.25) is 9.59 Å². The molecule has 3 unspecified atom stereocenters. The number of Topliss-reactive ketones (excluding diaryl/α,β-unsaturated/α-hetero) is 1. The summed E-state index contributed by atoms with van der Waals surface area (Å²) in [6, 6.07) is 3.43. The standard InChI is InChI=1S/C24H34O6S2/c1-3-5-20-21(7-6-19(16(2)25)23(20)28)29-10-4-11-31-15-18-14-30-24(32-18)9-8-17(13-24)12-22(26)27/h6-7,17-18,28H,3-5,8-15H2,1-2H3,(H,26,27). The first kappa shape index (κ1) is 25.2. The molecule has 0 aromatic heterocycles. The van der Waals surface area contributed by atoms with E-state index in [4.69, 9.17) is 14.6 Å². The average Bonchev–Trinajstić information content (AvgIpc) is 3.32. The quantitative estimate of drug-likeness (QED) is 0.312. The van der Waals surface area contributed by atoms with Crippen molar-refractivity contribution in [2.24, 2.45) is 5.92 Å². The number of ether oxygens (including phenoxy) is 2. The van der Waals surface area contributed by atoms with Gasteiger partial charge in [0.15, 0.2) is 5.78 Å². The lowest BCUT2D eigenvalue weighted by atomic mass is 10.0. The molecule has 1 aliphatic heterocycles. The van der Waals surface area contributed by atoms with E-state index in [-0.39, 0.29) is 28.8 Å². The maximum atomic E-state index is 11.7. The fourth-order valence-electron chi connectivity index (χ4n) is 4.51. The van der Waals surface area contributed by atoms with Crippen LogP contribution in [0.25, 0.3) is 0 Å². The summed E-state index contributed by atoms with van der Waals surface area (Å²) >= 11 is 3.80. The third-order valence-electron chi connectivity index (χ3n) is 6.02. The molecule has 3 atom stereocenters. The second-order valence-corrected chi connectivity index (χ2v) is 11.5. The number of hydrogen-bond donors (Lipinski definition) is 2. The smallest absolute Gasteiger partial charge is 0.303 e. The van der Waals surface area contributed by atoms with Crippen LogP contribution in [-0.4, -0.2) is 56.9 Å². The van der Waals surface area contributed by atoms with Gasteiger partial charge in [-0.25, -0.2) is 0 Å². The number of aromatic hydroxyl groups is 1. The van der Waals surface area contributed by atoms with Crippen LogP contribution in [0.3, 0.4) is 0 Å². The molecule has 1 heterocycles. The first-order valence-electron chi connectivity index (χ1n) is 11.4. The molecule has 0 amide bonds. The van der Waals surface area contributed by atoms with E-state index in [1.54, 1.807) is 12.1 Å². The molecular weight excluding hydrogens is 448 g/mol. The Morgan fingerprint density at radius 3 is 2.91 bits per heavy atom. The number of rotatable bonds is 12. The fourth-order valence-corrected chi connectivity index (χ4v) is 7.37. The van der Waals surface area contributed by atoms with Crippen molar-refractivity contribution in [1.82, 2.24) is 0 Å². The Morgan fingerprint density at radius 2 is 2.19 bits per heavy atom. The number of hydrogen-bond acceptors (Lipinski definition) is 7. The third-order valence-corrected chi connectivity index (χ3v) is 9.00. The van der Waals surface area contributed by atoms with E-state index in [1.807, 2.05) is 30.4 Å². The van der Waals surface area contributed by atoms with Crippen LogP contribution in [0.15, 0.2) is 12.1 Å². The highest BCUT2D eigenvalue weighted by atomic mass is 32.2. The van der Waals surface area contributed by atoms with Gasteiger partial charge >= 0.3 is 5.97 Å². The zero-order valence-electron chi connectivity index (χ0n) is 18.9. The van der Waals surface area contributed by atoms with Crippen molar-refractivity contribution >= 4 is 35.3 Å². The van der Waals surface area contributed by atoms with Crippen molar-refractivity contribution < 1.29 is 29.3 Å². The average molecular weight is 483 g/mol. The van der Waals surface area contributed by atoms with Crippen LogP contribution in [0.1, 0.15) is 68.3 Å². The Kier molecular flexibility index (Phi) is 9.20. The molecule has 178 valence electrons. The highest BCUT2D eigenvalue weighted by molar-refractivity contribution is 8.04. The molecule has 1 saturated carbocycles. The van der Waals surface area contributed by atoms with Crippen LogP contribution in [0, 0.1) is 5.92 Å². The minimum absolute atomic E-state index is 0.0518. The molecule has 8 heteroatoms. The molecule has 2 fully saturated rings. The predicted molar refractivity (Wildman–Crippen MR) is 129 cm³/mol. The lowest BCUT2D eigenvalue weighted by Gasteiger charge is -2.21. The van der Waals surface area contributed by atoms with Crippen LogP contribution in [0.2, 0.25) is 0 Å². The number of benzene rings is 1. The zero-order chi connectivity index (χ0) is 23.1. The van der Waals surface area contributed by atoms with Crippen molar-refractivity contribution in [2.45, 2.75) is 69.0 Å². The third kappa shape index (κ3) is 6.58. The topological polar surface area (TPSA) is 93.1 Å². The van der Waals surface area contributed by atoms with Gasteiger partial charge in [-0.05, 0) is 62.8 Å². The molecule has 32 heavy (non-hydrogen) atoms. The van der Waals surface area contributed by atoms with Gasteiger partial charge in [-0.15, -0.1) is 11.8 Å². The van der Waals surface area contributed by atoms with E-state index < -0.39 is 5.97 Å². The van der Waals surface area contributed by atoms with Crippen molar-refractivity contribution in [3.63, 3.8) is 0 Å². The largest absolute Gasteiger partial charge is 0.507 e. The van der Waals surface area contributed by atoms with E-state index in [2.05, 4.69) is 0 Å². The van der Waals surface area contributed by atoms with E-state index >= 15 is 0 Å². The second kappa shape index (κ2) is 11.7. The van der Waals surface area contributed by atoms with Gasteiger partial charge in [-0.2, -0.15) is 11.8 Å². The van der Waals surface area contributed by atoms with Crippen LogP contribution in [0.5, 0.6) is 11.5 Å². The van der Waals surface area contributed by atoms with E-state index in [1.165, 1.54) is 6.92 Å². The Morgan fingerprint density at radius 1 is 1.38 bits per heavy atom. The number of phenolic OH excluding ortho intramolecular Hbond substituents is 1. The van der Waals surface area contributed by atoms with Gasteiger partial charge < -0.3 is 19.7 Å². The van der Waals surface area contributed by atoms with Gasteiger partial charge in [-0.1, -0.05) is 13.3 Å². The first-order valence-corrected chi connectivity index (χ1v) is 13.5. The fraction of sp³-hybridized carbons (Fsp3) is 0.667. The SMILES string of the molecule is CCCc1c(OCCCSCC2COC3(CCC(CC(=O)O)C3)S2)ccc(C(C)=O)c1O. The second-order valence-electron chi connectivity index (χ2n) is 8.69. The summed E-state index contributed by atoms with van der Waals surface area (Å²) in [5, 5.41) is 19.9. The van der Waals surface area contributed by atoms with Crippen LogP contribution >= 0.6 is 23.5 Å². The molecule has 6 nitrogen and oxygen atoms in total. The highest BCUT2D eigenvalue weighted by Crippen LogP contribution is 2.52. The summed E-state index contributed by atoms with van der Waals surface area (Å²) in [6.07, 6.45) is 5.44. The van der Waals surface area contributed by atoms with Crippen molar-refractivity contribution in [3.8, 4) is 11.5 Å². The molecule has 1 saturated heterocycles. The molecular formula is C24H34O6S2. The highest BCUT2D eigenvalue weighted by Gasteiger charge is 2.46. The lowest BCUT2D eigenvalue weighted by Crippen LogP contribution is -2.20. The number of phenols is 1. The lowest BCUT2D eigenvalue weighted by molar-refractivity contribution is -0.138. The van der Waals surface area contributed by atoms with E-state index in [0.29, 0.717) is 29.6 Å². The Hall–Kier alpha value is -1.38. The molecule has 1 aromatic rings. The Balaban J connectivity index is 1.37. The summed E-state index contributed by atoms with van der Waals surface area (Å²) < 4.78 is 12.1. The molecule has 1 spiro atoms. The number of carboxylic acid groups (broad SMARTS) is 1. The molecule has 0 radical (unpaired) electrons. The molecule has 2 aliphatic rings. The van der Waals surface area contributed by atoms with Gasteiger partial charge in [0.1, 0.15) is 16.4 Å². The summed E-state index contributed by atoms with van der Waals surface area (Å²) in [4.78, 5) is 22.5. The molecule has 3 rings (SSSR count).